The summed E-state index contributed by atoms with van der Waals surface area (Å²) in [6.07, 6.45) is 8.24. The summed E-state index contributed by atoms with van der Waals surface area (Å²) in [7, 11) is 0. The Morgan fingerprint density at radius 1 is 1.23 bits per heavy atom. The Labute approximate surface area is 217 Å². The number of thiophene rings is 1. The van der Waals surface area contributed by atoms with Crippen LogP contribution in [0.3, 0.4) is 0 Å². The molecule has 5 aromatic rings. The topological polar surface area (TPSA) is 89.1 Å². The Bertz CT molecular complexity index is 1430. The summed E-state index contributed by atoms with van der Waals surface area (Å²) in [5.41, 5.74) is 10.9. The number of carbonyl (C=O) groups excluding carboxylic acids is 1. The van der Waals surface area contributed by atoms with Crippen LogP contribution in [0.5, 0.6) is 0 Å². The van der Waals surface area contributed by atoms with E-state index in [-0.39, 0.29) is 5.78 Å². The van der Waals surface area contributed by atoms with Gasteiger partial charge in [0.15, 0.2) is 5.78 Å². The Kier molecular flexibility index (Phi) is 8.03. The minimum atomic E-state index is 0.145. The van der Waals surface area contributed by atoms with Crippen LogP contribution in [0.15, 0.2) is 58.0 Å². The molecule has 1 aromatic carbocycles. The lowest BCUT2D eigenvalue weighted by atomic mass is 9.97. The molecule has 0 atom stereocenters. The van der Waals surface area contributed by atoms with E-state index in [0.717, 1.165) is 69.4 Å². The number of ketones is 1. The van der Waals surface area contributed by atoms with Crippen LogP contribution in [0, 0.1) is 0 Å². The predicted molar refractivity (Wildman–Crippen MR) is 149 cm³/mol. The van der Waals surface area contributed by atoms with E-state index in [0.29, 0.717) is 11.7 Å². The van der Waals surface area contributed by atoms with E-state index in [4.69, 9.17) is 10.7 Å². The maximum Gasteiger partial charge on any atom is 0.160 e. The summed E-state index contributed by atoms with van der Waals surface area (Å²) < 4.78 is 3.17. The number of nitrogens with two attached hydrogens (primary N) is 1. The third kappa shape index (κ3) is 5.33. The molecule has 8 heteroatoms. The first kappa shape index (κ1) is 25.1. The van der Waals surface area contributed by atoms with Crippen molar-refractivity contribution in [1.29, 1.82) is 0 Å². The Balaban J connectivity index is 0.000000308. The second-order valence-corrected chi connectivity index (χ2v) is 10.2. The van der Waals surface area contributed by atoms with E-state index in [2.05, 4.69) is 56.3 Å². The summed E-state index contributed by atoms with van der Waals surface area (Å²) in [4.78, 5) is 23.4. The number of fused-ring (bicyclic) bond motifs is 2. The fourth-order valence-electron chi connectivity index (χ4n) is 4.37. The monoisotopic (exact) mass is 551 g/mol. The number of halogens is 1. The molecule has 182 valence electrons. The van der Waals surface area contributed by atoms with Gasteiger partial charge in [0, 0.05) is 39.1 Å². The van der Waals surface area contributed by atoms with Crippen LogP contribution in [0.4, 0.5) is 5.82 Å². The van der Waals surface area contributed by atoms with E-state index in [1.165, 1.54) is 0 Å². The fourth-order valence-corrected chi connectivity index (χ4v) is 5.55. The van der Waals surface area contributed by atoms with Crippen molar-refractivity contribution in [2.24, 2.45) is 0 Å². The zero-order valence-electron chi connectivity index (χ0n) is 20.2. The first-order chi connectivity index (χ1) is 16.9. The first-order valence-electron chi connectivity index (χ1n) is 11.9. The van der Waals surface area contributed by atoms with E-state index < -0.39 is 0 Å². The molecule has 0 spiro atoms. The van der Waals surface area contributed by atoms with Gasteiger partial charge in [-0.25, -0.2) is 9.97 Å². The van der Waals surface area contributed by atoms with Gasteiger partial charge in [-0.3, -0.25) is 9.20 Å². The third-order valence-corrected chi connectivity index (χ3v) is 7.38. The predicted octanol–water partition coefficient (Wildman–Crippen LogP) is 7.86. The van der Waals surface area contributed by atoms with Gasteiger partial charge in [-0.05, 0) is 59.3 Å². The number of hydrogen-bond acceptors (Lipinski definition) is 5. The molecule has 4 aromatic heterocycles. The van der Waals surface area contributed by atoms with Crippen molar-refractivity contribution in [2.75, 3.05) is 5.73 Å². The van der Waals surface area contributed by atoms with Crippen molar-refractivity contribution >= 4 is 55.3 Å². The van der Waals surface area contributed by atoms with Crippen LogP contribution in [0.1, 0.15) is 68.6 Å². The van der Waals surface area contributed by atoms with Crippen LogP contribution in [0.2, 0.25) is 0 Å². The smallest absolute Gasteiger partial charge is 0.160 e. The first-order valence-corrected chi connectivity index (χ1v) is 13.6. The average Bonchev–Trinajstić information content (AvgIpc) is 3.58. The zero-order valence-corrected chi connectivity index (χ0v) is 22.6. The molecule has 35 heavy (non-hydrogen) atoms. The number of aromatic nitrogens is 4. The molecule has 0 unspecified atom stereocenters. The number of imidazole rings is 1. The number of para-hydroxylation sites is 1. The molecule has 3 N–H and O–H groups in total. The maximum atomic E-state index is 10.5. The van der Waals surface area contributed by atoms with E-state index in [9.17, 15) is 4.79 Å². The number of nitrogens with one attached hydrogen (secondary N) is 1. The molecule has 0 aliphatic rings. The summed E-state index contributed by atoms with van der Waals surface area (Å²) in [6.45, 7) is 6.02. The van der Waals surface area contributed by atoms with Crippen molar-refractivity contribution < 1.29 is 4.79 Å². The average molecular weight is 553 g/mol. The Hall–Kier alpha value is -2.97. The normalized spacial score (nSPS) is 11.2. The summed E-state index contributed by atoms with van der Waals surface area (Å²) >= 11 is 5.17. The van der Waals surface area contributed by atoms with Crippen LogP contribution >= 0.6 is 27.3 Å². The number of carbonyl (C=O) groups is 1. The molecule has 0 aliphatic carbocycles. The molecule has 4 heterocycles. The number of nitrogen functional groups attached to an aromatic ring is 1. The highest BCUT2D eigenvalue weighted by Crippen LogP contribution is 2.35. The second kappa shape index (κ2) is 11.2. The Morgan fingerprint density at radius 3 is 2.60 bits per heavy atom. The number of benzene rings is 1. The number of anilines is 1. The van der Waals surface area contributed by atoms with Gasteiger partial charge in [0.1, 0.15) is 22.9 Å². The quantitative estimate of drug-likeness (QED) is 0.201. The standard InChI is InChI=1S/C21H24BrN5.C6H6OS/c1-3-6-13(7-4-2)21-26-18(19-20(23)24-10-11-27(19)21)16-12-14-8-5-9-15(22)17(14)25-16;1-5(7)6-2-3-8-4-6/h5,8-13,25H,3-4,6-7H2,1-2H3,(H2,23,24);2-4H,1H3. The van der Waals surface area contributed by atoms with Crippen LogP contribution < -0.4 is 5.73 Å². The fraction of sp³-hybridized carbons (Fsp3) is 0.296. The number of Topliss-reactive ketones (excluding diaryl/α,β-unsaturated/α-hetero) is 1. The van der Waals surface area contributed by atoms with Gasteiger partial charge in [-0.1, -0.05) is 38.8 Å². The van der Waals surface area contributed by atoms with Crippen molar-refractivity contribution in [2.45, 2.75) is 52.4 Å². The maximum absolute atomic E-state index is 10.5. The Morgan fingerprint density at radius 2 is 2.00 bits per heavy atom. The molecule has 0 radical (unpaired) electrons. The zero-order chi connectivity index (χ0) is 24.9. The van der Waals surface area contributed by atoms with Crippen LogP contribution in [-0.2, 0) is 0 Å². The number of hydrogen-bond donors (Lipinski definition) is 2. The van der Waals surface area contributed by atoms with Crippen LogP contribution in [0.25, 0.3) is 27.8 Å². The molecular weight excluding hydrogens is 522 g/mol. The van der Waals surface area contributed by atoms with Gasteiger partial charge in [-0.2, -0.15) is 11.3 Å². The molecule has 0 fully saturated rings. The molecule has 0 saturated heterocycles. The molecular formula is C27H30BrN5OS. The van der Waals surface area contributed by atoms with Crippen molar-refractivity contribution in [1.82, 2.24) is 19.4 Å². The minimum absolute atomic E-state index is 0.145. The van der Waals surface area contributed by atoms with E-state index in [1.54, 1.807) is 24.5 Å². The number of nitrogens with zero attached hydrogens (tertiary/aromatic N) is 3. The lowest BCUT2D eigenvalue weighted by Crippen LogP contribution is -2.05. The summed E-state index contributed by atoms with van der Waals surface area (Å²) in [5.74, 6) is 2.15. The molecule has 0 saturated carbocycles. The highest BCUT2D eigenvalue weighted by Gasteiger charge is 2.22. The van der Waals surface area contributed by atoms with Gasteiger partial charge >= 0.3 is 0 Å². The van der Waals surface area contributed by atoms with Crippen molar-refractivity contribution in [3.05, 3.63) is 69.3 Å². The van der Waals surface area contributed by atoms with Gasteiger partial charge in [0.25, 0.3) is 0 Å². The van der Waals surface area contributed by atoms with E-state index in [1.807, 2.05) is 35.2 Å². The van der Waals surface area contributed by atoms with Crippen molar-refractivity contribution in [3.8, 4) is 11.4 Å². The molecule has 5 rings (SSSR count). The highest BCUT2D eigenvalue weighted by atomic mass is 79.9. The largest absolute Gasteiger partial charge is 0.382 e. The molecule has 0 amide bonds. The molecule has 0 aliphatic heterocycles. The lowest BCUT2D eigenvalue weighted by molar-refractivity contribution is 0.101. The van der Waals surface area contributed by atoms with Crippen molar-refractivity contribution in [3.63, 3.8) is 0 Å². The SMILES string of the molecule is CC(=O)c1ccsc1.CCCC(CCC)c1nc(-c2cc3cccc(Br)c3[nH]2)c2c(N)nccn12. The third-order valence-electron chi connectivity index (χ3n) is 6.04. The van der Waals surface area contributed by atoms with Gasteiger partial charge in [0.05, 0.1) is 11.2 Å². The van der Waals surface area contributed by atoms with Crippen LogP contribution in [-0.4, -0.2) is 25.1 Å². The van der Waals surface area contributed by atoms with E-state index >= 15 is 0 Å². The number of aromatic amines is 1. The second-order valence-electron chi connectivity index (χ2n) is 8.58. The minimum Gasteiger partial charge on any atom is -0.382 e. The van der Waals surface area contributed by atoms with Gasteiger partial charge in [-0.15, -0.1) is 0 Å². The lowest BCUT2D eigenvalue weighted by Gasteiger charge is -2.14. The molecule has 6 nitrogen and oxygen atoms in total. The number of rotatable bonds is 7. The van der Waals surface area contributed by atoms with Gasteiger partial charge in [0.2, 0.25) is 0 Å². The summed E-state index contributed by atoms with van der Waals surface area (Å²) in [5, 5.41) is 4.89. The molecule has 0 bridgehead atoms. The summed E-state index contributed by atoms with van der Waals surface area (Å²) in [6, 6.07) is 10.1. The van der Waals surface area contributed by atoms with Gasteiger partial charge < -0.3 is 10.7 Å². The number of H-pyrrole nitrogens is 1. The highest BCUT2D eigenvalue weighted by molar-refractivity contribution is 9.10.